The van der Waals surface area contributed by atoms with Gasteiger partial charge in [0.15, 0.2) is 0 Å². The van der Waals surface area contributed by atoms with E-state index in [1.54, 1.807) is 17.0 Å². The van der Waals surface area contributed by atoms with Crippen molar-refractivity contribution in [1.29, 1.82) is 0 Å². The predicted molar refractivity (Wildman–Crippen MR) is 65.4 cm³/mol. The van der Waals surface area contributed by atoms with Crippen LogP contribution in [-0.4, -0.2) is 25.5 Å². The summed E-state index contributed by atoms with van der Waals surface area (Å²) in [6.07, 6.45) is 0.884. The summed E-state index contributed by atoms with van der Waals surface area (Å²) in [7, 11) is 0. The summed E-state index contributed by atoms with van der Waals surface area (Å²) in [5.41, 5.74) is 0.656. The van der Waals surface area contributed by atoms with Crippen LogP contribution in [-0.2, 0) is 4.79 Å². The van der Waals surface area contributed by atoms with E-state index in [0.717, 1.165) is 13.0 Å². The minimum Gasteiger partial charge on any atom is -0.316 e. The van der Waals surface area contributed by atoms with Gasteiger partial charge in [0.25, 0.3) is 0 Å². The number of anilines is 1. The molecule has 0 saturated carbocycles. The van der Waals surface area contributed by atoms with Crippen LogP contribution >= 0.6 is 0 Å². The molecule has 1 N–H and O–H groups in total. The molecule has 17 heavy (non-hydrogen) atoms. The van der Waals surface area contributed by atoms with Crippen molar-refractivity contribution in [1.82, 2.24) is 5.32 Å². The summed E-state index contributed by atoms with van der Waals surface area (Å²) >= 11 is 0. The second-order valence-electron chi connectivity index (χ2n) is 4.43. The van der Waals surface area contributed by atoms with E-state index in [-0.39, 0.29) is 17.6 Å². The fraction of sp³-hybridized carbons (Fsp3) is 0.462. The van der Waals surface area contributed by atoms with E-state index >= 15 is 0 Å². The van der Waals surface area contributed by atoms with Crippen molar-refractivity contribution in [2.75, 3.05) is 24.5 Å². The van der Waals surface area contributed by atoms with Gasteiger partial charge in [-0.05, 0) is 31.2 Å². The van der Waals surface area contributed by atoms with Crippen molar-refractivity contribution in [3.63, 3.8) is 0 Å². The Kier molecular flexibility index (Phi) is 3.74. The van der Waals surface area contributed by atoms with Gasteiger partial charge in [-0.25, -0.2) is 4.39 Å². The highest BCUT2D eigenvalue weighted by atomic mass is 19.1. The fourth-order valence-electron chi connectivity index (χ4n) is 2.04. The third-order valence-corrected chi connectivity index (χ3v) is 2.99. The number of nitrogens with one attached hydrogen (secondary N) is 1. The lowest BCUT2D eigenvalue weighted by molar-refractivity contribution is -0.122. The third-order valence-electron chi connectivity index (χ3n) is 2.99. The molecule has 1 unspecified atom stereocenters. The molecule has 1 amide bonds. The van der Waals surface area contributed by atoms with E-state index in [1.807, 2.05) is 6.92 Å². The van der Waals surface area contributed by atoms with Gasteiger partial charge in [0.05, 0.1) is 0 Å². The SMILES string of the molecule is CC1CNCCCN(c2cccc(F)c2)C1=O. The second kappa shape index (κ2) is 5.27. The van der Waals surface area contributed by atoms with Gasteiger partial charge in [-0.1, -0.05) is 13.0 Å². The van der Waals surface area contributed by atoms with Crippen LogP contribution in [0.1, 0.15) is 13.3 Å². The quantitative estimate of drug-likeness (QED) is 0.806. The number of carbonyl (C=O) groups is 1. The molecule has 1 fully saturated rings. The molecule has 1 aliphatic heterocycles. The third kappa shape index (κ3) is 2.82. The normalized spacial score (nSPS) is 22.1. The average molecular weight is 236 g/mol. The predicted octanol–water partition coefficient (Wildman–Crippen LogP) is 1.79. The van der Waals surface area contributed by atoms with Crippen LogP contribution in [0.2, 0.25) is 0 Å². The summed E-state index contributed by atoms with van der Waals surface area (Å²) in [5.74, 6) is -0.315. The van der Waals surface area contributed by atoms with Crippen LogP contribution in [0.5, 0.6) is 0 Å². The summed E-state index contributed by atoms with van der Waals surface area (Å²) in [6.45, 7) is 4.11. The fourth-order valence-corrected chi connectivity index (χ4v) is 2.04. The lowest BCUT2D eigenvalue weighted by atomic mass is 10.1. The molecule has 0 radical (unpaired) electrons. The van der Waals surface area contributed by atoms with Crippen molar-refractivity contribution in [2.45, 2.75) is 13.3 Å². The molecule has 3 nitrogen and oxygen atoms in total. The molecule has 1 aromatic rings. The smallest absolute Gasteiger partial charge is 0.231 e. The van der Waals surface area contributed by atoms with Crippen LogP contribution in [0.4, 0.5) is 10.1 Å². The molecule has 4 heteroatoms. The van der Waals surface area contributed by atoms with E-state index in [2.05, 4.69) is 5.32 Å². The lowest BCUT2D eigenvalue weighted by Gasteiger charge is -2.28. The molecule has 1 aromatic carbocycles. The Morgan fingerprint density at radius 2 is 2.29 bits per heavy atom. The monoisotopic (exact) mass is 236 g/mol. The lowest BCUT2D eigenvalue weighted by Crippen LogP contribution is -2.43. The van der Waals surface area contributed by atoms with Gasteiger partial charge in [0.1, 0.15) is 5.82 Å². The Morgan fingerprint density at radius 1 is 1.47 bits per heavy atom. The van der Waals surface area contributed by atoms with E-state index in [4.69, 9.17) is 0 Å². The zero-order valence-corrected chi connectivity index (χ0v) is 9.95. The number of halogens is 1. The van der Waals surface area contributed by atoms with Crippen molar-refractivity contribution < 1.29 is 9.18 Å². The van der Waals surface area contributed by atoms with Crippen LogP contribution in [0.25, 0.3) is 0 Å². The Labute approximate surface area is 101 Å². The highest BCUT2D eigenvalue weighted by Gasteiger charge is 2.23. The molecule has 0 bridgehead atoms. The zero-order valence-electron chi connectivity index (χ0n) is 9.95. The molecule has 2 rings (SSSR count). The Bertz CT molecular complexity index is 408. The number of hydrogen-bond acceptors (Lipinski definition) is 2. The summed E-state index contributed by atoms with van der Waals surface area (Å²) in [4.78, 5) is 13.9. The summed E-state index contributed by atoms with van der Waals surface area (Å²) in [6, 6.07) is 6.23. The maximum Gasteiger partial charge on any atom is 0.231 e. The first kappa shape index (κ1) is 12.0. The van der Waals surface area contributed by atoms with Crippen LogP contribution < -0.4 is 10.2 Å². The Balaban J connectivity index is 2.24. The molecular weight excluding hydrogens is 219 g/mol. The molecule has 1 atom stereocenters. The average Bonchev–Trinajstić information content (AvgIpc) is 2.31. The maximum atomic E-state index is 13.2. The number of rotatable bonds is 1. The van der Waals surface area contributed by atoms with E-state index in [1.165, 1.54) is 12.1 Å². The first-order valence-electron chi connectivity index (χ1n) is 5.96. The molecule has 1 aliphatic rings. The maximum absolute atomic E-state index is 13.2. The van der Waals surface area contributed by atoms with Crippen molar-refractivity contribution >= 4 is 11.6 Å². The van der Waals surface area contributed by atoms with Crippen molar-refractivity contribution in [2.24, 2.45) is 5.92 Å². The number of carbonyl (C=O) groups excluding carboxylic acids is 1. The first-order chi connectivity index (χ1) is 8.18. The number of benzene rings is 1. The van der Waals surface area contributed by atoms with E-state index in [0.29, 0.717) is 18.8 Å². The molecule has 1 saturated heterocycles. The second-order valence-corrected chi connectivity index (χ2v) is 4.43. The molecule has 0 spiro atoms. The van der Waals surface area contributed by atoms with Crippen LogP contribution in [0.3, 0.4) is 0 Å². The number of hydrogen-bond donors (Lipinski definition) is 1. The minimum atomic E-state index is -0.303. The van der Waals surface area contributed by atoms with Crippen LogP contribution in [0, 0.1) is 11.7 Å². The summed E-state index contributed by atoms with van der Waals surface area (Å²) in [5, 5.41) is 3.23. The molecule has 92 valence electrons. The first-order valence-corrected chi connectivity index (χ1v) is 5.96. The van der Waals surface area contributed by atoms with Crippen molar-refractivity contribution in [3.8, 4) is 0 Å². The highest BCUT2D eigenvalue weighted by molar-refractivity contribution is 5.95. The zero-order chi connectivity index (χ0) is 12.3. The molecular formula is C13H17FN2O. The van der Waals surface area contributed by atoms with Crippen molar-refractivity contribution in [3.05, 3.63) is 30.1 Å². The molecule has 1 heterocycles. The molecule has 0 aliphatic carbocycles. The highest BCUT2D eigenvalue weighted by Crippen LogP contribution is 2.19. The van der Waals surface area contributed by atoms with Crippen LogP contribution in [0.15, 0.2) is 24.3 Å². The standard InChI is InChI=1S/C13H17FN2O/c1-10-9-15-6-3-7-16(13(10)17)12-5-2-4-11(14)8-12/h2,4-5,8,10,15H,3,6-7,9H2,1H3. The number of amides is 1. The van der Waals surface area contributed by atoms with Gasteiger partial charge < -0.3 is 10.2 Å². The minimum absolute atomic E-state index is 0.0581. The van der Waals surface area contributed by atoms with E-state index in [9.17, 15) is 9.18 Å². The Morgan fingerprint density at radius 3 is 3.06 bits per heavy atom. The number of nitrogens with zero attached hydrogens (tertiary/aromatic N) is 1. The van der Waals surface area contributed by atoms with Gasteiger partial charge in [-0.2, -0.15) is 0 Å². The summed E-state index contributed by atoms with van der Waals surface area (Å²) < 4.78 is 13.2. The molecule has 0 aromatic heterocycles. The largest absolute Gasteiger partial charge is 0.316 e. The van der Waals surface area contributed by atoms with Gasteiger partial charge in [0.2, 0.25) is 5.91 Å². The van der Waals surface area contributed by atoms with Gasteiger partial charge in [0, 0.05) is 24.7 Å². The van der Waals surface area contributed by atoms with E-state index < -0.39 is 0 Å². The Hall–Kier alpha value is -1.42. The topological polar surface area (TPSA) is 32.3 Å². The van der Waals surface area contributed by atoms with Gasteiger partial charge >= 0.3 is 0 Å². The van der Waals surface area contributed by atoms with Gasteiger partial charge in [-0.15, -0.1) is 0 Å². The van der Waals surface area contributed by atoms with Gasteiger partial charge in [-0.3, -0.25) is 4.79 Å².